The molecule has 0 spiro atoms. The molecule has 1 aliphatic heterocycles. The number of hydrogen-bond acceptors (Lipinski definition) is 6. The number of halogens is 1. The first-order chi connectivity index (χ1) is 16.2. The SMILES string of the molecule is CC(C)N(CCOc1ccc(CN2CCOC[C@@](O)(COc3ccc(F)cc3)C2)cc1)C(C)C. The maximum atomic E-state index is 13.1. The van der Waals surface area contributed by atoms with E-state index in [2.05, 4.69) is 49.6 Å². The zero-order valence-electron chi connectivity index (χ0n) is 20.9. The summed E-state index contributed by atoms with van der Waals surface area (Å²) in [6.45, 7) is 13.0. The molecule has 34 heavy (non-hydrogen) atoms. The average Bonchev–Trinajstić information content (AvgIpc) is 2.98. The van der Waals surface area contributed by atoms with Crippen LogP contribution in [-0.2, 0) is 11.3 Å². The molecule has 1 saturated heterocycles. The molecule has 0 radical (unpaired) electrons. The van der Waals surface area contributed by atoms with Gasteiger partial charge < -0.3 is 19.3 Å². The molecule has 0 bridgehead atoms. The van der Waals surface area contributed by atoms with Crippen LogP contribution in [0.2, 0.25) is 0 Å². The van der Waals surface area contributed by atoms with Crippen LogP contribution in [-0.4, -0.2) is 78.7 Å². The highest BCUT2D eigenvalue weighted by atomic mass is 19.1. The summed E-state index contributed by atoms with van der Waals surface area (Å²) in [5, 5.41) is 11.1. The molecule has 0 unspecified atom stereocenters. The summed E-state index contributed by atoms with van der Waals surface area (Å²) in [5.41, 5.74) is -0.00541. The van der Waals surface area contributed by atoms with Crippen LogP contribution in [0, 0.1) is 5.82 Å². The first-order valence-corrected chi connectivity index (χ1v) is 12.1. The van der Waals surface area contributed by atoms with Crippen molar-refractivity contribution in [1.29, 1.82) is 0 Å². The molecule has 188 valence electrons. The number of nitrogens with zero attached hydrogens (tertiary/aromatic N) is 2. The van der Waals surface area contributed by atoms with E-state index in [1.54, 1.807) is 12.1 Å². The number of hydrogen-bond donors (Lipinski definition) is 1. The fourth-order valence-corrected chi connectivity index (χ4v) is 4.30. The third-order valence-corrected chi connectivity index (χ3v) is 6.04. The van der Waals surface area contributed by atoms with Crippen LogP contribution in [0.25, 0.3) is 0 Å². The van der Waals surface area contributed by atoms with Gasteiger partial charge >= 0.3 is 0 Å². The molecule has 7 heteroatoms. The Morgan fingerprint density at radius 2 is 1.62 bits per heavy atom. The Morgan fingerprint density at radius 3 is 2.26 bits per heavy atom. The second-order valence-electron chi connectivity index (χ2n) is 9.65. The van der Waals surface area contributed by atoms with Gasteiger partial charge in [0.1, 0.15) is 36.1 Å². The van der Waals surface area contributed by atoms with Crippen molar-refractivity contribution in [1.82, 2.24) is 9.80 Å². The zero-order chi connectivity index (χ0) is 24.6. The first-order valence-electron chi connectivity index (χ1n) is 12.1. The van der Waals surface area contributed by atoms with Gasteiger partial charge in [0, 0.05) is 38.3 Å². The van der Waals surface area contributed by atoms with Crippen LogP contribution in [0.5, 0.6) is 11.5 Å². The predicted molar refractivity (Wildman–Crippen MR) is 132 cm³/mol. The number of β-amino-alcohol motifs (C(OH)–C–C–N with tert-alkyl or cyclic N) is 1. The maximum absolute atomic E-state index is 13.1. The Bertz CT molecular complexity index is 852. The van der Waals surface area contributed by atoms with Gasteiger partial charge in [0.25, 0.3) is 0 Å². The molecule has 2 aromatic rings. The second-order valence-corrected chi connectivity index (χ2v) is 9.65. The van der Waals surface area contributed by atoms with Gasteiger partial charge in [-0.2, -0.15) is 0 Å². The minimum absolute atomic E-state index is 0.0751. The molecule has 1 heterocycles. The third kappa shape index (κ3) is 8.24. The van der Waals surface area contributed by atoms with Gasteiger partial charge in [0.2, 0.25) is 0 Å². The lowest BCUT2D eigenvalue weighted by atomic mass is 10.1. The normalized spacial score (nSPS) is 19.6. The first kappa shape index (κ1) is 26.4. The van der Waals surface area contributed by atoms with Crippen LogP contribution in [0.3, 0.4) is 0 Å². The van der Waals surface area contributed by atoms with Crippen molar-refractivity contribution in [3.63, 3.8) is 0 Å². The summed E-state index contributed by atoms with van der Waals surface area (Å²) in [7, 11) is 0. The standard InChI is InChI=1S/C27H39FN2O4/c1-21(2)30(22(3)4)14-16-33-25-9-5-23(6-10-25)17-29-13-15-32-19-27(31,18-29)20-34-26-11-7-24(28)8-12-26/h5-12,21-22,31H,13-20H2,1-4H3/t27-/m1/s1. The number of aliphatic hydroxyl groups is 1. The molecule has 6 nitrogen and oxygen atoms in total. The molecule has 0 aliphatic carbocycles. The maximum Gasteiger partial charge on any atom is 0.134 e. The summed E-state index contributed by atoms with van der Waals surface area (Å²) < 4.78 is 30.4. The summed E-state index contributed by atoms with van der Waals surface area (Å²) >= 11 is 0. The van der Waals surface area contributed by atoms with Gasteiger partial charge in [-0.25, -0.2) is 4.39 Å². The molecular formula is C27H39FN2O4. The van der Waals surface area contributed by atoms with Gasteiger partial charge in [-0.05, 0) is 69.7 Å². The number of benzene rings is 2. The van der Waals surface area contributed by atoms with Crippen LogP contribution in [0.4, 0.5) is 4.39 Å². The smallest absolute Gasteiger partial charge is 0.134 e. The van der Waals surface area contributed by atoms with Crippen molar-refractivity contribution in [3.8, 4) is 11.5 Å². The van der Waals surface area contributed by atoms with Crippen molar-refractivity contribution in [3.05, 3.63) is 59.9 Å². The minimum atomic E-state index is -1.15. The van der Waals surface area contributed by atoms with Gasteiger partial charge in [0.05, 0.1) is 13.2 Å². The molecule has 0 amide bonds. The summed E-state index contributed by atoms with van der Waals surface area (Å²) in [4.78, 5) is 4.58. The van der Waals surface area contributed by atoms with Crippen molar-refractivity contribution < 1.29 is 23.7 Å². The quantitative estimate of drug-likeness (QED) is 0.532. The van der Waals surface area contributed by atoms with E-state index in [1.807, 2.05) is 12.1 Å². The molecule has 1 atom stereocenters. The van der Waals surface area contributed by atoms with E-state index in [4.69, 9.17) is 14.2 Å². The highest BCUT2D eigenvalue weighted by Gasteiger charge is 2.33. The molecule has 0 aromatic heterocycles. The Morgan fingerprint density at radius 1 is 1.00 bits per heavy atom. The van der Waals surface area contributed by atoms with Crippen LogP contribution in [0.15, 0.2) is 48.5 Å². The lowest BCUT2D eigenvalue weighted by Gasteiger charge is -2.30. The Kier molecular flexibility index (Phi) is 9.71. The van der Waals surface area contributed by atoms with Gasteiger partial charge in [-0.1, -0.05) is 12.1 Å². The van der Waals surface area contributed by atoms with Crippen molar-refractivity contribution in [2.45, 2.75) is 51.9 Å². The Balaban J connectivity index is 1.50. The monoisotopic (exact) mass is 474 g/mol. The molecule has 3 rings (SSSR count). The predicted octanol–water partition coefficient (Wildman–Crippen LogP) is 3.97. The minimum Gasteiger partial charge on any atom is -0.492 e. The molecule has 2 aromatic carbocycles. The van der Waals surface area contributed by atoms with Crippen molar-refractivity contribution in [2.75, 3.05) is 46.1 Å². The topological polar surface area (TPSA) is 54.4 Å². The van der Waals surface area contributed by atoms with E-state index in [0.29, 0.717) is 44.1 Å². The number of ether oxygens (including phenoxy) is 3. The fraction of sp³-hybridized carbons (Fsp3) is 0.556. The van der Waals surface area contributed by atoms with Crippen molar-refractivity contribution >= 4 is 0 Å². The zero-order valence-corrected chi connectivity index (χ0v) is 20.9. The van der Waals surface area contributed by atoms with Crippen molar-refractivity contribution in [2.24, 2.45) is 0 Å². The fourth-order valence-electron chi connectivity index (χ4n) is 4.30. The Hall–Kier alpha value is -2.19. The summed E-state index contributed by atoms with van der Waals surface area (Å²) in [6, 6.07) is 14.9. The van der Waals surface area contributed by atoms with Crippen LogP contribution in [0.1, 0.15) is 33.3 Å². The van der Waals surface area contributed by atoms with Gasteiger partial charge in [-0.15, -0.1) is 0 Å². The number of rotatable bonds is 11. The van der Waals surface area contributed by atoms with E-state index in [-0.39, 0.29) is 19.0 Å². The summed E-state index contributed by atoms with van der Waals surface area (Å²) in [6.07, 6.45) is 0. The molecule has 1 N–H and O–H groups in total. The third-order valence-electron chi connectivity index (χ3n) is 6.04. The van der Waals surface area contributed by atoms with E-state index < -0.39 is 5.60 Å². The average molecular weight is 475 g/mol. The highest BCUT2D eigenvalue weighted by molar-refractivity contribution is 5.27. The van der Waals surface area contributed by atoms with E-state index in [0.717, 1.165) is 24.4 Å². The lowest BCUT2D eigenvalue weighted by molar-refractivity contribution is -0.0646. The highest BCUT2D eigenvalue weighted by Crippen LogP contribution is 2.20. The molecular weight excluding hydrogens is 435 g/mol. The van der Waals surface area contributed by atoms with E-state index >= 15 is 0 Å². The second kappa shape index (κ2) is 12.5. The molecule has 1 fully saturated rings. The largest absolute Gasteiger partial charge is 0.492 e. The van der Waals surface area contributed by atoms with Gasteiger partial charge in [-0.3, -0.25) is 9.80 Å². The van der Waals surface area contributed by atoms with Crippen LogP contribution < -0.4 is 9.47 Å². The van der Waals surface area contributed by atoms with E-state index in [1.165, 1.54) is 12.1 Å². The lowest BCUT2D eigenvalue weighted by Crippen LogP contribution is -2.48. The summed E-state index contributed by atoms with van der Waals surface area (Å²) in [5.74, 6) is 1.06. The van der Waals surface area contributed by atoms with Gasteiger partial charge in [0.15, 0.2) is 0 Å². The Labute approximate surface area is 203 Å². The molecule has 0 saturated carbocycles. The van der Waals surface area contributed by atoms with Crippen LogP contribution >= 0.6 is 0 Å². The van der Waals surface area contributed by atoms with E-state index in [9.17, 15) is 9.50 Å². The molecule has 1 aliphatic rings.